The molecule has 0 saturated carbocycles. The average molecular weight is 204 g/mol. The summed E-state index contributed by atoms with van der Waals surface area (Å²) in [5.41, 5.74) is 1.65. The first kappa shape index (κ1) is 11.6. The van der Waals surface area contributed by atoms with Crippen LogP contribution in [0.2, 0.25) is 0 Å². The van der Waals surface area contributed by atoms with Crippen molar-refractivity contribution in [2.24, 2.45) is 5.41 Å². The molecular formula is C13H18NO+. The molecule has 2 nitrogen and oxygen atoms in total. The highest BCUT2D eigenvalue weighted by atomic mass is 16.2. The van der Waals surface area contributed by atoms with Crippen molar-refractivity contribution in [1.82, 2.24) is 0 Å². The van der Waals surface area contributed by atoms with Gasteiger partial charge in [0.15, 0.2) is 0 Å². The monoisotopic (exact) mass is 204 g/mol. The van der Waals surface area contributed by atoms with Crippen molar-refractivity contribution < 1.29 is 4.79 Å². The van der Waals surface area contributed by atoms with Gasteiger partial charge in [-0.15, -0.1) is 0 Å². The maximum absolute atomic E-state index is 11.7. The second-order valence-electron chi connectivity index (χ2n) is 4.65. The molecule has 0 saturated heterocycles. The third-order valence-electron chi connectivity index (χ3n) is 2.18. The predicted molar refractivity (Wildman–Crippen MR) is 63.6 cm³/mol. The van der Waals surface area contributed by atoms with E-state index in [4.69, 9.17) is 0 Å². The molecule has 0 fully saturated rings. The molecule has 0 unspecified atom stereocenters. The number of carbonyl (C=O) groups is 1. The molecule has 80 valence electrons. The number of benzene rings is 1. The van der Waals surface area contributed by atoms with Crippen LogP contribution in [0.15, 0.2) is 24.3 Å². The van der Waals surface area contributed by atoms with E-state index in [1.54, 1.807) is 0 Å². The molecule has 0 heterocycles. The van der Waals surface area contributed by atoms with E-state index < -0.39 is 0 Å². The van der Waals surface area contributed by atoms with E-state index in [9.17, 15) is 4.79 Å². The Bertz CT molecular complexity index is 333. The van der Waals surface area contributed by atoms with Crippen molar-refractivity contribution in [1.29, 1.82) is 0 Å². The lowest BCUT2D eigenvalue weighted by atomic mass is 9.95. The Labute approximate surface area is 91.7 Å². The molecular weight excluding hydrogens is 186 g/mol. The predicted octanol–water partition coefficient (Wildman–Crippen LogP) is 3.05. The minimum Gasteiger partial charge on any atom is -0.326 e. The molecule has 0 aliphatic rings. The van der Waals surface area contributed by atoms with E-state index in [1.807, 2.05) is 45.0 Å². The second-order valence-corrected chi connectivity index (χ2v) is 4.65. The summed E-state index contributed by atoms with van der Waals surface area (Å²) in [6.45, 7) is 9.48. The third-order valence-corrected chi connectivity index (χ3v) is 2.18. The van der Waals surface area contributed by atoms with Crippen LogP contribution in [-0.4, -0.2) is 5.91 Å². The molecule has 0 spiro atoms. The van der Waals surface area contributed by atoms with Crippen LogP contribution in [0, 0.1) is 12.3 Å². The molecule has 0 atom stereocenters. The lowest BCUT2D eigenvalue weighted by Gasteiger charge is -2.17. The van der Waals surface area contributed by atoms with E-state index in [-0.39, 0.29) is 11.3 Å². The Hall–Kier alpha value is -1.44. The van der Waals surface area contributed by atoms with Crippen molar-refractivity contribution in [3.05, 3.63) is 36.8 Å². The Kier molecular flexibility index (Phi) is 3.40. The van der Waals surface area contributed by atoms with Crippen LogP contribution in [-0.2, 0) is 11.2 Å². The van der Waals surface area contributed by atoms with Gasteiger partial charge in [-0.2, -0.15) is 0 Å². The second kappa shape index (κ2) is 4.39. The zero-order valence-electron chi connectivity index (χ0n) is 9.63. The summed E-state index contributed by atoms with van der Waals surface area (Å²) < 4.78 is 0. The number of carbonyl (C=O) groups excluding carboxylic acids is 1. The van der Waals surface area contributed by atoms with Gasteiger partial charge in [0.2, 0.25) is 5.91 Å². The minimum absolute atomic E-state index is 0.0323. The summed E-state index contributed by atoms with van der Waals surface area (Å²) in [6.07, 6.45) is 0.771. The van der Waals surface area contributed by atoms with Gasteiger partial charge < -0.3 is 5.32 Å². The van der Waals surface area contributed by atoms with Crippen molar-refractivity contribution in [2.75, 3.05) is 5.32 Å². The fourth-order valence-electron chi connectivity index (χ4n) is 1.07. The number of hydrogen-bond donors (Lipinski definition) is 1. The molecule has 1 rings (SSSR count). The summed E-state index contributed by atoms with van der Waals surface area (Å²) in [7, 11) is 0. The van der Waals surface area contributed by atoms with E-state index in [1.165, 1.54) is 5.56 Å². The van der Waals surface area contributed by atoms with Gasteiger partial charge in [0.05, 0.1) is 6.92 Å². The van der Waals surface area contributed by atoms with Crippen LogP contribution >= 0.6 is 0 Å². The van der Waals surface area contributed by atoms with Gasteiger partial charge in [-0.25, -0.2) is 0 Å². The van der Waals surface area contributed by atoms with Crippen molar-refractivity contribution >= 4 is 11.6 Å². The van der Waals surface area contributed by atoms with Gasteiger partial charge in [-0.3, -0.25) is 4.79 Å². The minimum atomic E-state index is -0.356. The first-order valence-corrected chi connectivity index (χ1v) is 5.13. The molecule has 0 aromatic heterocycles. The summed E-state index contributed by atoms with van der Waals surface area (Å²) >= 11 is 0. The van der Waals surface area contributed by atoms with Crippen LogP contribution in [0.3, 0.4) is 0 Å². The SMILES string of the molecule is [CH2+]Cc1ccc(NC(=O)C(C)(C)C)cc1. The Morgan fingerprint density at radius 2 is 1.80 bits per heavy atom. The Morgan fingerprint density at radius 3 is 2.20 bits per heavy atom. The van der Waals surface area contributed by atoms with Crippen molar-refractivity contribution in [3.8, 4) is 0 Å². The zero-order chi connectivity index (χ0) is 11.5. The topological polar surface area (TPSA) is 29.1 Å². The molecule has 0 aliphatic carbocycles. The fraction of sp³-hybridized carbons (Fsp3) is 0.385. The fourth-order valence-corrected chi connectivity index (χ4v) is 1.07. The highest BCUT2D eigenvalue weighted by molar-refractivity contribution is 5.94. The van der Waals surface area contributed by atoms with Crippen LogP contribution in [0.1, 0.15) is 26.3 Å². The molecule has 1 N–H and O–H groups in total. The summed E-state index contributed by atoms with van der Waals surface area (Å²) in [5.74, 6) is 0.0323. The number of nitrogens with one attached hydrogen (secondary N) is 1. The molecule has 1 aromatic rings. The Balaban J connectivity index is 2.70. The molecule has 0 aliphatic heterocycles. The zero-order valence-corrected chi connectivity index (χ0v) is 9.63. The van der Waals surface area contributed by atoms with Gasteiger partial charge in [-0.1, -0.05) is 32.9 Å². The maximum Gasteiger partial charge on any atom is 0.229 e. The van der Waals surface area contributed by atoms with E-state index >= 15 is 0 Å². The first-order valence-electron chi connectivity index (χ1n) is 5.13. The normalized spacial score (nSPS) is 11.1. The maximum atomic E-state index is 11.7. The number of hydrogen-bond acceptors (Lipinski definition) is 1. The highest BCUT2D eigenvalue weighted by Crippen LogP contribution is 2.17. The molecule has 15 heavy (non-hydrogen) atoms. The average Bonchev–Trinajstić information content (AvgIpc) is 2.17. The number of rotatable bonds is 2. The molecule has 1 amide bonds. The first-order chi connectivity index (χ1) is 6.93. The van der Waals surface area contributed by atoms with Crippen LogP contribution in [0.5, 0.6) is 0 Å². The summed E-state index contributed by atoms with van der Waals surface area (Å²) in [5, 5.41) is 2.87. The largest absolute Gasteiger partial charge is 0.326 e. The van der Waals surface area contributed by atoms with E-state index in [2.05, 4.69) is 12.2 Å². The molecule has 1 aromatic carbocycles. The van der Waals surface area contributed by atoms with Crippen molar-refractivity contribution in [2.45, 2.75) is 27.2 Å². The van der Waals surface area contributed by atoms with Gasteiger partial charge in [-0.05, 0) is 17.7 Å². The third kappa shape index (κ3) is 3.31. The lowest BCUT2D eigenvalue weighted by molar-refractivity contribution is -0.123. The highest BCUT2D eigenvalue weighted by Gasteiger charge is 2.20. The van der Waals surface area contributed by atoms with E-state index in [0.717, 1.165) is 12.1 Å². The number of amides is 1. The van der Waals surface area contributed by atoms with Gasteiger partial charge in [0.25, 0.3) is 0 Å². The Morgan fingerprint density at radius 1 is 1.27 bits per heavy atom. The van der Waals surface area contributed by atoms with E-state index in [0.29, 0.717) is 0 Å². The smallest absolute Gasteiger partial charge is 0.229 e. The van der Waals surface area contributed by atoms with Crippen LogP contribution in [0.4, 0.5) is 5.69 Å². The standard InChI is InChI=1S/C13H17NO/c1-5-10-6-8-11(9-7-10)14-12(15)13(2,3)4/h6-9H,1,5H2,2-4H3/p+1. The summed E-state index contributed by atoms with van der Waals surface area (Å²) in [4.78, 5) is 11.7. The summed E-state index contributed by atoms with van der Waals surface area (Å²) in [6, 6.07) is 7.77. The van der Waals surface area contributed by atoms with Gasteiger partial charge >= 0.3 is 0 Å². The van der Waals surface area contributed by atoms with Gasteiger partial charge in [0, 0.05) is 11.1 Å². The van der Waals surface area contributed by atoms with Gasteiger partial charge in [0.1, 0.15) is 6.42 Å². The molecule has 0 bridgehead atoms. The quantitative estimate of drug-likeness (QED) is 0.737. The van der Waals surface area contributed by atoms with Crippen LogP contribution in [0.25, 0.3) is 0 Å². The molecule has 0 radical (unpaired) electrons. The van der Waals surface area contributed by atoms with Crippen LogP contribution < -0.4 is 5.32 Å². The van der Waals surface area contributed by atoms with Crippen molar-refractivity contribution in [3.63, 3.8) is 0 Å². The number of anilines is 1. The molecule has 2 heteroatoms. The lowest BCUT2D eigenvalue weighted by Crippen LogP contribution is -2.27.